The third kappa shape index (κ3) is 5.69. The van der Waals surface area contributed by atoms with Crippen molar-refractivity contribution in [1.82, 2.24) is 9.62 Å². The smallest absolute Gasteiger partial charge is 0.243 e. The molecular formula is C19H24N2O3S. The first-order valence-electron chi connectivity index (χ1n) is 8.24. The molecule has 0 heterocycles. The second-order valence-corrected chi connectivity index (χ2v) is 8.11. The molecule has 1 atom stereocenters. The highest BCUT2D eigenvalue weighted by atomic mass is 32.2. The summed E-state index contributed by atoms with van der Waals surface area (Å²) in [7, 11) is -2.24. The van der Waals surface area contributed by atoms with Crippen LogP contribution in [0.15, 0.2) is 65.6 Å². The minimum Gasteiger partial charge on any atom is -0.352 e. The minimum absolute atomic E-state index is 0.0273. The first kappa shape index (κ1) is 19.1. The summed E-state index contributed by atoms with van der Waals surface area (Å²) in [4.78, 5) is 12.3. The van der Waals surface area contributed by atoms with Gasteiger partial charge < -0.3 is 5.32 Å². The SMILES string of the molecule is C[C@H](CCc1ccccc1)NC(=O)CN(C)S(=O)(=O)c1ccccc1. The molecule has 134 valence electrons. The zero-order valence-corrected chi connectivity index (χ0v) is 15.4. The van der Waals surface area contributed by atoms with E-state index in [-0.39, 0.29) is 23.4 Å². The third-order valence-corrected chi connectivity index (χ3v) is 5.75. The van der Waals surface area contributed by atoms with Crippen LogP contribution in [0.2, 0.25) is 0 Å². The standard InChI is InChI=1S/C19H24N2O3S/c1-16(13-14-17-9-5-3-6-10-17)20-19(22)15-21(2)25(23,24)18-11-7-4-8-12-18/h3-12,16H,13-15H2,1-2H3,(H,20,22)/t16-/m1/s1. The van der Waals surface area contributed by atoms with E-state index in [0.29, 0.717) is 0 Å². The Balaban J connectivity index is 1.84. The van der Waals surface area contributed by atoms with Gasteiger partial charge in [0.1, 0.15) is 0 Å². The highest BCUT2D eigenvalue weighted by molar-refractivity contribution is 7.89. The van der Waals surface area contributed by atoms with Gasteiger partial charge in [0.05, 0.1) is 11.4 Å². The van der Waals surface area contributed by atoms with Gasteiger partial charge in [0.15, 0.2) is 0 Å². The minimum atomic E-state index is -3.65. The molecule has 0 fully saturated rings. The van der Waals surface area contributed by atoms with E-state index < -0.39 is 10.0 Å². The molecule has 0 aliphatic carbocycles. The molecule has 0 aliphatic heterocycles. The van der Waals surface area contributed by atoms with Gasteiger partial charge >= 0.3 is 0 Å². The van der Waals surface area contributed by atoms with Crippen molar-refractivity contribution < 1.29 is 13.2 Å². The van der Waals surface area contributed by atoms with Crippen molar-refractivity contribution >= 4 is 15.9 Å². The lowest BCUT2D eigenvalue weighted by Crippen LogP contribution is -2.41. The summed E-state index contributed by atoms with van der Waals surface area (Å²) in [6.07, 6.45) is 1.66. The van der Waals surface area contributed by atoms with Crippen LogP contribution in [-0.2, 0) is 21.2 Å². The van der Waals surface area contributed by atoms with Crippen molar-refractivity contribution in [3.8, 4) is 0 Å². The number of likely N-dealkylation sites (N-methyl/N-ethyl adjacent to an activating group) is 1. The predicted octanol–water partition coefficient (Wildman–Crippen LogP) is 2.44. The summed E-state index contributed by atoms with van der Waals surface area (Å²) in [5, 5.41) is 2.86. The van der Waals surface area contributed by atoms with Crippen LogP contribution in [0.1, 0.15) is 18.9 Å². The van der Waals surface area contributed by atoms with Gasteiger partial charge in [-0.1, -0.05) is 48.5 Å². The number of benzene rings is 2. The van der Waals surface area contributed by atoms with Crippen LogP contribution in [0.25, 0.3) is 0 Å². The fourth-order valence-corrected chi connectivity index (χ4v) is 3.63. The van der Waals surface area contributed by atoms with Crippen LogP contribution in [-0.4, -0.2) is 38.3 Å². The van der Waals surface area contributed by atoms with Gasteiger partial charge in [0.25, 0.3) is 0 Å². The Bertz CT molecular complexity index is 777. The Morgan fingerprint density at radius 1 is 1.04 bits per heavy atom. The second kappa shape index (κ2) is 8.78. The lowest BCUT2D eigenvalue weighted by Gasteiger charge is -2.19. The number of nitrogens with zero attached hydrogens (tertiary/aromatic N) is 1. The molecule has 0 radical (unpaired) electrons. The number of nitrogens with one attached hydrogen (secondary N) is 1. The molecule has 0 saturated heterocycles. The van der Waals surface area contributed by atoms with Gasteiger partial charge in [-0.15, -0.1) is 0 Å². The van der Waals surface area contributed by atoms with Crippen LogP contribution in [0.5, 0.6) is 0 Å². The fraction of sp³-hybridized carbons (Fsp3) is 0.316. The average molecular weight is 360 g/mol. The van der Waals surface area contributed by atoms with E-state index in [1.54, 1.807) is 18.2 Å². The molecule has 5 nitrogen and oxygen atoms in total. The van der Waals surface area contributed by atoms with E-state index in [1.165, 1.54) is 24.7 Å². The molecule has 0 aromatic heterocycles. The van der Waals surface area contributed by atoms with Crippen LogP contribution >= 0.6 is 0 Å². The number of amides is 1. The maximum absolute atomic E-state index is 12.4. The number of aryl methyl sites for hydroxylation is 1. The second-order valence-electron chi connectivity index (χ2n) is 6.07. The van der Waals surface area contributed by atoms with Gasteiger partial charge in [-0.05, 0) is 37.5 Å². The molecule has 6 heteroatoms. The summed E-state index contributed by atoms with van der Waals surface area (Å²) in [5.74, 6) is -0.303. The van der Waals surface area contributed by atoms with Gasteiger partial charge in [0.2, 0.25) is 15.9 Å². The molecule has 0 aliphatic rings. The summed E-state index contributed by atoms with van der Waals surface area (Å²) in [5.41, 5.74) is 1.22. The van der Waals surface area contributed by atoms with Crippen molar-refractivity contribution in [1.29, 1.82) is 0 Å². The van der Waals surface area contributed by atoms with Crippen molar-refractivity contribution in [2.45, 2.75) is 30.7 Å². The molecule has 0 spiro atoms. The van der Waals surface area contributed by atoms with E-state index in [1.807, 2.05) is 25.1 Å². The van der Waals surface area contributed by atoms with Gasteiger partial charge in [-0.3, -0.25) is 4.79 Å². The van der Waals surface area contributed by atoms with E-state index in [0.717, 1.165) is 17.1 Å². The van der Waals surface area contributed by atoms with Crippen molar-refractivity contribution in [3.05, 3.63) is 66.2 Å². The Hall–Kier alpha value is -2.18. The van der Waals surface area contributed by atoms with Gasteiger partial charge in [-0.25, -0.2) is 8.42 Å². The van der Waals surface area contributed by atoms with Gasteiger partial charge in [0, 0.05) is 13.1 Å². The van der Waals surface area contributed by atoms with Crippen LogP contribution in [0, 0.1) is 0 Å². The largest absolute Gasteiger partial charge is 0.352 e. The topological polar surface area (TPSA) is 66.5 Å². The molecule has 2 aromatic rings. The molecular weight excluding hydrogens is 336 g/mol. The number of carbonyl (C=O) groups excluding carboxylic acids is 1. The van der Waals surface area contributed by atoms with E-state index in [4.69, 9.17) is 0 Å². The Morgan fingerprint density at radius 3 is 2.20 bits per heavy atom. The maximum atomic E-state index is 12.4. The fourth-order valence-electron chi connectivity index (χ4n) is 2.48. The highest BCUT2D eigenvalue weighted by Gasteiger charge is 2.23. The number of carbonyl (C=O) groups is 1. The van der Waals surface area contributed by atoms with Crippen LogP contribution < -0.4 is 5.32 Å². The molecule has 2 rings (SSSR count). The maximum Gasteiger partial charge on any atom is 0.243 e. The Morgan fingerprint density at radius 2 is 1.60 bits per heavy atom. The molecule has 0 unspecified atom stereocenters. The average Bonchev–Trinajstić information content (AvgIpc) is 2.61. The quantitative estimate of drug-likeness (QED) is 0.786. The summed E-state index contributed by atoms with van der Waals surface area (Å²) in [6.45, 7) is 1.72. The number of sulfonamides is 1. The zero-order chi connectivity index (χ0) is 18.3. The number of hydrogen-bond acceptors (Lipinski definition) is 3. The summed E-state index contributed by atoms with van der Waals surface area (Å²) in [6, 6.07) is 18.1. The molecule has 1 amide bonds. The van der Waals surface area contributed by atoms with Crippen LogP contribution in [0.4, 0.5) is 0 Å². The van der Waals surface area contributed by atoms with Crippen molar-refractivity contribution in [2.75, 3.05) is 13.6 Å². The monoisotopic (exact) mass is 360 g/mol. The normalized spacial score (nSPS) is 12.8. The third-order valence-electron chi connectivity index (χ3n) is 3.93. The molecule has 0 bridgehead atoms. The lowest BCUT2D eigenvalue weighted by atomic mass is 10.1. The first-order chi connectivity index (χ1) is 11.9. The van der Waals surface area contributed by atoms with E-state index in [9.17, 15) is 13.2 Å². The molecule has 2 aromatic carbocycles. The van der Waals surface area contributed by atoms with Crippen molar-refractivity contribution in [2.24, 2.45) is 0 Å². The highest BCUT2D eigenvalue weighted by Crippen LogP contribution is 2.13. The van der Waals surface area contributed by atoms with Crippen LogP contribution in [0.3, 0.4) is 0 Å². The van der Waals surface area contributed by atoms with E-state index >= 15 is 0 Å². The predicted molar refractivity (Wildman–Crippen MR) is 98.6 cm³/mol. The zero-order valence-electron chi connectivity index (χ0n) is 14.6. The van der Waals surface area contributed by atoms with Crippen molar-refractivity contribution in [3.63, 3.8) is 0 Å². The number of hydrogen-bond donors (Lipinski definition) is 1. The molecule has 1 N–H and O–H groups in total. The lowest BCUT2D eigenvalue weighted by molar-refractivity contribution is -0.121. The van der Waals surface area contributed by atoms with Gasteiger partial charge in [-0.2, -0.15) is 4.31 Å². The number of rotatable bonds is 8. The Labute approximate surface area is 149 Å². The summed E-state index contributed by atoms with van der Waals surface area (Å²) < 4.78 is 25.9. The van der Waals surface area contributed by atoms with E-state index in [2.05, 4.69) is 17.4 Å². The summed E-state index contributed by atoms with van der Waals surface area (Å²) >= 11 is 0. The Kier molecular flexibility index (Phi) is 6.73. The first-order valence-corrected chi connectivity index (χ1v) is 9.68. The molecule has 0 saturated carbocycles. The molecule has 25 heavy (non-hydrogen) atoms.